The first kappa shape index (κ1) is 7.69. The van der Waals surface area contributed by atoms with Gasteiger partial charge in [0.05, 0.1) is 5.84 Å². The lowest BCUT2D eigenvalue weighted by Crippen LogP contribution is -2.03. The summed E-state index contributed by atoms with van der Waals surface area (Å²) in [6, 6.07) is 0. The van der Waals surface area contributed by atoms with Crippen LogP contribution in [0.1, 0.15) is 13.8 Å². The lowest BCUT2D eigenvalue weighted by Gasteiger charge is -1.83. The summed E-state index contributed by atoms with van der Waals surface area (Å²) in [4.78, 5) is 3.81. The van der Waals surface area contributed by atoms with Gasteiger partial charge in [-0.15, -0.1) is 0 Å². The molecule has 8 heavy (non-hydrogen) atoms. The highest BCUT2D eigenvalue weighted by Crippen LogP contribution is 2.00. The minimum atomic E-state index is 0.573. The van der Waals surface area contributed by atoms with Gasteiger partial charge in [0, 0.05) is 10.7 Å². The lowest BCUT2D eigenvalue weighted by molar-refractivity contribution is 1.44. The van der Waals surface area contributed by atoms with E-state index in [1.807, 2.05) is 6.92 Å². The molecule has 0 spiro atoms. The fourth-order valence-corrected chi connectivity index (χ4v) is 0.293. The SMILES string of the molecule is CC(N)=N/C=C(\C)Br. The summed E-state index contributed by atoms with van der Waals surface area (Å²) >= 11 is 3.20. The number of amidine groups is 1. The van der Waals surface area contributed by atoms with E-state index < -0.39 is 0 Å². The van der Waals surface area contributed by atoms with Gasteiger partial charge in [0.15, 0.2) is 0 Å². The zero-order valence-electron chi connectivity index (χ0n) is 4.98. The van der Waals surface area contributed by atoms with Crippen molar-refractivity contribution < 1.29 is 0 Å². The second-order valence-corrected chi connectivity index (χ2v) is 2.74. The number of allylic oxidation sites excluding steroid dienone is 1. The Morgan fingerprint density at radius 1 is 1.62 bits per heavy atom. The first-order valence-electron chi connectivity index (χ1n) is 2.25. The lowest BCUT2D eigenvalue weighted by atomic mass is 10.7. The first-order valence-corrected chi connectivity index (χ1v) is 3.04. The molecule has 0 aliphatic carbocycles. The molecule has 0 bridgehead atoms. The molecule has 2 nitrogen and oxygen atoms in total. The maximum absolute atomic E-state index is 5.23. The zero-order valence-corrected chi connectivity index (χ0v) is 6.57. The van der Waals surface area contributed by atoms with Gasteiger partial charge < -0.3 is 5.73 Å². The van der Waals surface area contributed by atoms with Crippen molar-refractivity contribution in [3.8, 4) is 0 Å². The van der Waals surface area contributed by atoms with Crippen LogP contribution in [0.15, 0.2) is 15.7 Å². The Balaban J connectivity index is 3.76. The van der Waals surface area contributed by atoms with Crippen molar-refractivity contribution in [1.82, 2.24) is 0 Å². The van der Waals surface area contributed by atoms with Crippen molar-refractivity contribution in [1.29, 1.82) is 0 Å². The van der Waals surface area contributed by atoms with E-state index in [0.29, 0.717) is 5.84 Å². The molecule has 0 aliphatic heterocycles. The number of rotatable bonds is 1. The van der Waals surface area contributed by atoms with Crippen molar-refractivity contribution in [3.63, 3.8) is 0 Å². The van der Waals surface area contributed by atoms with Crippen LogP contribution in [0.5, 0.6) is 0 Å². The molecule has 0 radical (unpaired) electrons. The molecule has 0 aromatic heterocycles. The largest absolute Gasteiger partial charge is 0.387 e. The Hall–Kier alpha value is -0.310. The number of hydrogen-bond acceptors (Lipinski definition) is 1. The van der Waals surface area contributed by atoms with Gasteiger partial charge in [0.25, 0.3) is 0 Å². The molecule has 3 heteroatoms. The maximum atomic E-state index is 5.23. The Kier molecular flexibility index (Phi) is 3.52. The van der Waals surface area contributed by atoms with Crippen LogP contribution in [0.25, 0.3) is 0 Å². The Morgan fingerprint density at radius 3 is 2.25 bits per heavy atom. The van der Waals surface area contributed by atoms with E-state index in [1.165, 1.54) is 0 Å². The van der Waals surface area contributed by atoms with Gasteiger partial charge in [-0.3, -0.25) is 0 Å². The molecule has 0 aliphatic rings. The fourth-order valence-electron chi connectivity index (χ4n) is 0.191. The Morgan fingerprint density at radius 2 is 2.12 bits per heavy atom. The van der Waals surface area contributed by atoms with Crippen LogP contribution in [0.3, 0.4) is 0 Å². The first-order chi connectivity index (χ1) is 3.63. The quantitative estimate of drug-likeness (QED) is 0.479. The molecule has 0 aromatic rings. The molecule has 0 heterocycles. The molecule has 0 atom stereocenters. The predicted octanol–water partition coefficient (Wildman–Crippen LogP) is 1.62. The molecule has 0 unspecified atom stereocenters. The van der Waals surface area contributed by atoms with E-state index >= 15 is 0 Å². The van der Waals surface area contributed by atoms with Crippen LogP contribution in [0.4, 0.5) is 0 Å². The van der Waals surface area contributed by atoms with Crippen molar-refractivity contribution >= 4 is 21.8 Å². The van der Waals surface area contributed by atoms with Gasteiger partial charge in [-0.1, -0.05) is 15.9 Å². The van der Waals surface area contributed by atoms with E-state index in [-0.39, 0.29) is 0 Å². The van der Waals surface area contributed by atoms with Crippen LogP contribution in [0, 0.1) is 0 Å². The second kappa shape index (κ2) is 3.66. The van der Waals surface area contributed by atoms with Crippen LogP contribution >= 0.6 is 15.9 Å². The normalized spacial score (nSPS) is 14.4. The number of nitrogens with zero attached hydrogens (tertiary/aromatic N) is 1. The molecule has 0 amide bonds. The summed E-state index contributed by atoms with van der Waals surface area (Å²) in [6.45, 7) is 3.64. The number of nitrogens with two attached hydrogens (primary N) is 1. The van der Waals surface area contributed by atoms with Gasteiger partial charge in [0.2, 0.25) is 0 Å². The Bertz CT molecular complexity index is 102. The minimum Gasteiger partial charge on any atom is -0.387 e. The van der Waals surface area contributed by atoms with Crippen molar-refractivity contribution in [3.05, 3.63) is 10.7 Å². The highest BCUT2D eigenvalue weighted by atomic mass is 79.9. The minimum absolute atomic E-state index is 0.573. The smallest absolute Gasteiger partial charge is 0.0957 e. The van der Waals surface area contributed by atoms with E-state index in [2.05, 4.69) is 20.9 Å². The summed E-state index contributed by atoms with van der Waals surface area (Å²) in [7, 11) is 0. The van der Waals surface area contributed by atoms with Crippen LogP contribution in [-0.4, -0.2) is 5.84 Å². The van der Waals surface area contributed by atoms with Crippen molar-refractivity contribution in [2.75, 3.05) is 0 Å². The third-order valence-electron chi connectivity index (χ3n) is 0.446. The third kappa shape index (κ3) is 5.69. The predicted molar refractivity (Wildman–Crippen MR) is 40.0 cm³/mol. The summed E-state index contributed by atoms with van der Waals surface area (Å²) in [6.07, 6.45) is 1.66. The standard InChI is InChI=1S/C5H9BrN2/c1-4(6)3-8-5(2)7/h3H,1-2H3,(H2,7,8)/b4-3+. The summed E-state index contributed by atoms with van der Waals surface area (Å²) in [5.74, 6) is 0.573. The molecule has 46 valence electrons. The zero-order chi connectivity index (χ0) is 6.57. The van der Waals surface area contributed by atoms with Crippen LogP contribution < -0.4 is 5.73 Å². The van der Waals surface area contributed by atoms with Crippen molar-refractivity contribution in [2.45, 2.75) is 13.8 Å². The molecule has 0 fully saturated rings. The molecule has 0 aromatic carbocycles. The highest BCUT2D eigenvalue weighted by molar-refractivity contribution is 9.11. The number of halogens is 1. The van der Waals surface area contributed by atoms with Gasteiger partial charge in [-0.25, -0.2) is 4.99 Å². The number of hydrogen-bond donors (Lipinski definition) is 1. The van der Waals surface area contributed by atoms with Gasteiger partial charge in [-0.05, 0) is 13.8 Å². The van der Waals surface area contributed by atoms with Gasteiger partial charge in [-0.2, -0.15) is 0 Å². The molecular formula is C5H9BrN2. The summed E-state index contributed by atoms with van der Waals surface area (Å²) in [5, 5.41) is 0. The van der Waals surface area contributed by atoms with Gasteiger partial charge >= 0.3 is 0 Å². The summed E-state index contributed by atoms with van der Waals surface area (Å²) < 4.78 is 0.974. The number of aliphatic imine (C=N–C) groups is 1. The topological polar surface area (TPSA) is 38.4 Å². The molecule has 0 rings (SSSR count). The van der Waals surface area contributed by atoms with Crippen molar-refractivity contribution in [2.24, 2.45) is 10.7 Å². The third-order valence-corrected chi connectivity index (χ3v) is 0.651. The highest BCUT2D eigenvalue weighted by Gasteiger charge is 1.74. The molecular weight excluding hydrogens is 168 g/mol. The Labute approximate surface area is 57.6 Å². The molecule has 0 saturated carbocycles. The van der Waals surface area contributed by atoms with E-state index in [0.717, 1.165) is 4.48 Å². The van der Waals surface area contributed by atoms with E-state index in [4.69, 9.17) is 5.73 Å². The maximum Gasteiger partial charge on any atom is 0.0957 e. The average molecular weight is 177 g/mol. The molecule has 0 saturated heterocycles. The molecule has 2 N–H and O–H groups in total. The van der Waals surface area contributed by atoms with Gasteiger partial charge in [0.1, 0.15) is 0 Å². The monoisotopic (exact) mass is 176 g/mol. The average Bonchev–Trinajstić information content (AvgIpc) is 1.61. The summed E-state index contributed by atoms with van der Waals surface area (Å²) in [5.41, 5.74) is 5.23. The van der Waals surface area contributed by atoms with E-state index in [1.54, 1.807) is 13.1 Å². The fraction of sp³-hybridized carbons (Fsp3) is 0.400. The van der Waals surface area contributed by atoms with E-state index in [9.17, 15) is 0 Å². The van der Waals surface area contributed by atoms with Crippen LogP contribution in [0.2, 0.25) is 0 Å². The second-order valence-electron chi connectivity index (χ2n) is 1.49. The van der Waals surface area contributed by atoms with Crippen LogP contribution in [-0.2, 0) is 0 Å².